The van der Waals surface area contributed by atoms with Crippen LogP contribution in [0.5, 0.6) is 0 Å². The van der Waals surface area contributed by atoms with Gasteiger partial charge in [0, 0.05) is 31.5 Å². The van der Waals surface area contributed by atoms with Gasteiger partial charge in [0.1, 0.15) is 11.4 Å². The number of aromatic nitrogens is 2. The molecule has 3 heterocycles. The molecule has 0 unspecified atom stereocenters. The predicted molar refractivity (Wildman–Crippen MR) is 89.0 cm³/mol. The van der Waals surface area contributed by atoms with E-state index in [0.29, 0.717) is 31.7 Å². The molecule has 1 saturated heterocycles. The van der Waals surface area contributed by atoms with Gasteiger partial charge in [-0.05, 0) is 37.1 Å². The average molecular weight is 366 g/mol. The van der Waals surface area contributed by atoms with Gasteiger partial charge in [-0.2, -0.15) is 13.2 Å². The molecular weight excluding hydrogens is 349 g/mol. The van der Waals surface area contributed by atoms with Gasteiger partial charge in [0.25, 0.3) is 11.5 Å². The number of hydrogen-bond acceptors (Lipinski definition) is 4. The van der Waals surface area contributed by atoms with E-state index in [4.69, 9.17) is 0 Å². The molecule has 6 nitrogen and oxygen atoms in total. The van der Waals surface area contributed by atoms with Crippen LogP contribution in [0.15, 0.2) is 41.5 Å². The molecule has 1 amide bonds. The van der Waals surface area contributed by atoms with E-state index in [1.807, 2.05) is 4.90 Å². The van der Waals surface area contributed by atoms with E-state index in [9.17, 15) is 22.8 Å². The van der Waals surface area contributed by atoms with Gasteiger partial charge in [0.05, 0.1) is 5.56 Å². The summed E-state index contributed by atoms with van der Waals surface area (Å²) in [7, 11) is 0. The molecule has 2 aromatic rings. The maximum Gasteiger partial charge on any atom is 0.417 e. The number of halogens is 3. The topological polar surface area (TPSA) is 78.1 Å². The normalized spacial score (nSPS) is 15.7. The fourth-order valence-corrected chi connectivity index (χ4v) is 2.86. The molecule has 1 aliphatic heterocycles. The van der Waals surface area contributed by atoms with Crippen molar-refractivity contribution >= 4 is 11.7 Å². The second kappa shape index (κ2) is 7.19. The van der Waals surface area contributed by atoms with Gasteiger partial charge >= 0.3 is 6.18 Å². The molecular formula is C17H17F3N4O2. The first-order valence-electron chi connectivity index (χ1n) is 8.11. The number of H-pyrrole nitrogens is 1. The quantitative estimate of drug-likeness (QED) is 0.873. The highest BCUT2D eigenvalue weighted by molar-refractivity contribution is 5.93. The first kappa shape index (κ1) is 18.0. The van der Waals surface area contributed by atoms with Gasteiger partial charge in [-0.25, -0.2) is 4.98 Å². The summed E-state index contributed by atoms with van der Waals surface area (Å²) in [5.41, 5.74) is -1.17. The Morgan fingerprint density at radius 3 is 2.54 bits per heavy atom. The molecule has 1 aliphatic rings. The number of carbonyl (C=O) groups is 1. The van der Waals surface area contributed by atoms with Crippen LogP contribution >= 0.6 is 0 Å². The molecule has 0 bridgehead atoms. The molecule has 0 aliphatic carbocycles. The van der Waals surface area contributed by atoms with Crippen LogP contribution in [0.4, 0.5) is 19.0 Å². The summed E-state index contributed by atoms with van der Waals surface area (Å²) in [6.07, 6.45) is -0.907. The van der Waals surface area contributed by atoms with Crippen molar-refractivity contribution in [3.05, 3.63) is 58.1 Å². The highest BCUT2D eigenvalue weighted by Crippen LogP contribution is 2.29. The maximum absolute atomic E-state index is 12.6. The van der Waals surface area contributed by atoms with Gasteiger partial charge in [0.15, 0.2) is 0 Å². The van der Waals surface area contributed by atoms with E-state index < -0.39 is 23.2 Å². The Kier molecular flexibility index (Phi) is 4.97. The molecule has 2 aromatic heterocycles. The number of nitrogens with one attached hydrogen (secondary N) is 2. The predicted octanol–water partition coefficient (Wildman–Crippen LogP) is 2.19. The number of piperidine rings is 1. The summed E-state index contributed by atoms with van der Waals surface area (Å²) in [5.74, 6) is 0.0419. The van der Waals surface area contributed by atoms with Gasteiger partial charge in [-0.15, -0.1) is 0 Å². The van der Waals surface area contributed by atoms with Crippen molar-refractivity contribution in [2.24, 2.45) is 0 Å². The van der Waals surface area contributed by atoms with Crippen LogP contribution in [0.2, 0.25) is 0 Å². The maximum atomic E-state index is 12.6. The molecule has 3 rings (SSSR count). The number of aromatic amines is 1. The highest BCUT2D eigenvalue weighted by atomic mass is 19.4. The lowest BCUT2D eigenvalue weighted by atomic mass is 10.0. The fraction of sp³-hybridized carbons (Fsp3) is 0.353. The van der Waals surface area contributed by atoms with Crippen LogP contribution in [0, 0.1) is 0 Å². The van der Waals surface area contributed by atoms with Gasteiger partial charge in [-0.1, -0.05) is 0 Å². The number of nitrogens with zero attached hydrogens (tertiary/aromatic N) is 2. The summed E-state index contributed by atoms with van der Waals surface area (Å²) in [6.45, 7) is 1.10. The molecule has 9 heteroatoms. The Labute approximate surface area is 147 Å². The van der Waals surface area contributed by atoms with Crippen molar-refractivity contribution in [1.82, 2.24) is 15.3 Å². The molecule has 0 radical (unpaired) electrons. The molecule has 138 valence electrons. The van der Waals surface area contributed by atoms with Crippen LogP contribution in [-0.4, -0.2) is 35.0 Å². The molecule has 1 fully saturated rings. The minimum atomic E-state index is -4.40. The highest BCUT2D eigenvalue weighted by Gasteiger charge is 2.31. The van der Waals surface area contributed by atoms with Crippen LogP contribution in [0.1, 0.15) is 28.8 Å². The zero-order chi connectivity index (χ0) is 18.7. The van der Waals surface area contributed by atoms with E-state index in [1.165, 1.54) is 18.3 Å². The lowest BCUT2D eigenvalue weighted by molar-refractivity contribution is -0.137. The Bertz CT molecular complexity index is 825. The SMILES string of the molecule is O=C(NC1CCN(c2ccc(C(F)(F)F)cn2)CC1)c1ccc[nH]c1=O. The lowest BCUT2D eigenvalue weighted by Gasteiger charge is -2.33. The Hall–Kier alpha value is -2.84. The fourth-order valence-electron chi connectivity index (χ4n) is 2.86. The first-order chi connectivity index (χ1) is 12.3. The zero-order valence-electron chi connectivity index (χ0n) is 13.7. The Morgan fingerprint density at radius 2 is 1.96 bits per heavy atom. The van der Waals surface area contributed by atoms with Gasteiger partial charge in [0.2, 0.25) is 0 Å². The third kappa shape index (κ3) is 4.04. The van der Waals surface area contributed by atoms with Gasteiger partial charge < -0.3 is 15.2 Å². The Balaban J connectivity index is 1.57. The number of carbonyl (C=O) groups excluding carboxylic acids is 1. The van der Waals surface area contributed by atoms with E-state index in [0.717, 1.165) is 12.3 Å². The number of rotatable bonds is 3. The molecule has 0 saturated carbocycles. The van der Waals surface area contributed by atoms with Crippen molar-refractivity contribution in [3.63, 3.8) is 0 Å². The summed E-state index contributed by atoms with van der Waals surface area (Å²) in [4.78, 5) is 32.0. The van der Waals surface area contributed by atoms with Crippen molar-refractivity contribution in [2.75, 3.05) is 18.0 Å². The van der Waals surface area contributed by atoms with Crippen molar-refractivity contribution in [1.29, 1.82) is 0 Å². The van der Waals surface area contributed by atoms with Crippen LogP contribution in [0.25, 0.3) is 0 Å². The molecule has 2 N–H and O–H groups in total. The number of alkyl halides is 3. The van der Waals surface area contributed by atoms with Crippen LogP contribution in [0.3, 0.4) is 0 Å². The van der Waals surface area contributed by atoms with E-state index >= 15 is 0 Å². The first-order valence-corrected chi connectivity index (χ1v) is 8.11. The number of anilines is 1. The zero-order valence-corrected chi connectivity index (χ0v) is 13.7. The van der Waals surface area contributed by atoms with Crippen LogP contribution in [-0.2, 0) is 6.18 Å². The number of amides is 1. The number of pyridine rings is 2. The second-order valence-corrected chi connectivity index (χ2v) is 6.05. The number of hydrogen-bond donors (Lipinski definition) is 2. The standard InChI is InChI=1S/C17H17F3N4O2/c18-17(19,20)11-3-4-14(22-10-11)24-8-5-12(6-9-24)23-16(26)13-2-1-7-21-15(13)25/h1-4,7,10,12H,5-6,8-9H2,(H,21,25)(H,23,26). The van der Waals surface area contributed by atoms with Gasteiger partial charge in [-0.3, -0.25) is 9.59 Å². The van der Waals surface area contributed by atoms with Crippen molar-refractivity contribution in [2.45, 2.75) is 25.1 Å². The van der Waals surface area contributed by atoms with Crippen molar-refractivity contribution < 1.29 is 18.0 Å². The summed E-state index contributed by atoms with van der Waals surface area (Å²) in [5, 5.41) is 2.82. The Morgan fingerprint density at radius 1 is 1.23 bits per heavy atom. The molecule has 0 spiro atoms. The minimum Gasteiger partial charge on any atom is -0.356 e. The third-order valence-electron chi connectivity index (χ3n) is 4.29. The summed E-state index contributed by atoms with van der Waals surface area (Å²) in [6, 6.07) is 5.29. The van der Waals surface area contributed by atoms with E-state index in [-0.39, 0.29) is 11.6 Å². The minimum absolute atomic E-state index is 0.0549. The smallest absolute Gasteiger partial charge is 0.356 e. The summed E-state index contributed by atoms with van der Waals surface area (Å²) < 4.78 is 37.8. The molecule has 0 atom stereocenters. The lowest BCUT2D eigenvalue weighted by Crippen LogP contribution is -2.45. The monoisotopic (exact) mass is 366 g/mol. The van der Waals surface area contributed by atoms with Crippen LogP contribution < -0.4 is 15.8 Å². The van der Waals surface area contributed by atoms with E-state index in [2.05, 4.69) is 15.3 Å². The van der Waals surface area contributed by atoms with E-state index in [1.54, 1.807) is 6.07 Å². The average Bonchev–Trinajstić information content (AvgIpc) is 2.62. The third-order valence-corrected chi connectivity index (χ3v) is 4.29. The summed E-state index contributed by atoms with van der Waals surface area (Å²) >= 11 is 0. The second-order valence-electron chi connectivity index (χ2n) is 6.05. The molecule has 0 aromatic carbocycles. The largest absolute Gasteiger partial charge is 0.417 e. The van der Waals surface area contributed by atoms with Crippen molar-refractivity contribution in [3.8, 4) is 0 Å². The molecule has 26 heavy (non-hydrogen) atoms.